The van der Waals surface area contributed by atoms with Crippen molar-refractivity contribution in [1.82, 2.24) is 4.98 Å². The summed E-state index contributed by atoms with van der Waals surface area (Å²) in [6.07, 6.45) is 6.17. The van der Waals surface area contributed by atoms with Gasteiger partial charge in [0, 0.05) is 16.5 Å². The number of esters is 1. The summed E-state index contributed by atoms with van der Waals surface area (Å²) in [5.41, 5.74) is 4.96. The fourth-order valence-electron chi connectivity index (χ4n) is 4.44. The number of aromatic amines is 1. The van der Waals surface area contributed by atoms with Crippen LogP contribution in [0.15, 0.2) is 42.5 Å². The number of hydrogen-bond donors (Lipinski definition) is 1. The van der Waals surface area contributed by atoms with Crippen LogP contribution in [0.2, 0.25) is 0 Å². The second-order valence-electron chi connectivity index (χ2n) is 7.53. The standard InChI is InChI=1S/C24H26ClNO3/c1-28-24(27)17-11-12-18-20(15-17)26-23(22(18)16-7-3-2-4-8-16)19-9-5-6-10-21(19)29-14-13-25/h5-6,9-12,15-16,26H,2-4,7-8,13-14H2,1H3. The Kier molecular flexibility index (Phi) is 6.10. The van der Waals surface area contributed by atoms with Gasteiger partial charge in [-0.15, -0.1) is 11.6 Å². The largest absolute Gasteiger partial charge is 0.492 e. The van der Waals surface area contributed by atoms with Crippen molar-refractivity contribution in [2.45, 2.75) is 38.0 Å². The van der Waals surface area contributed by atoms with E-state index in [1.165, 1.54) is 50.2 Å². The molecular weight excluding hydrogens is 386 g/mol. The van der Waals surface area contributed by atoms with E-state index in [0.717, 1.165) is 22.5 Å². The van der Waals surface area contributed by atoms with Crippen LogP contribution in [-0.2, 0) is 4.74 Å². The highest BCUT2D eigenvalue weighted by Crippen LogP contribution is 2.44. The number of para-hydroxylation sites is 1. The zero-order valence-corrected chi connectivity index (χ0v) is 17.4. The van der Waals surface area contributed by atoms with E-state index >= 15 is 0 Å². The molecule has 1 heterocycles. The van der Waals surface area contributed by atoms with Crippen LogP contribution in [0.1, 0.15) is 53.9 Å². The van der Waals surface area contributed by atoms with Gasteiger partial charge in [0.2, 0.25) is 0 Å². The monoisotopic (exact) mass is 411 g/mol. The molecule has 152 valence electrons. The number of nitrogens with one attached hydrogen (secondary N) is 1. The summed E-state index contributed by atoms with van der Waals surface area (Å²) in [5.74, 6) is 1.44. The van der Waals surface area contributed by atoms with E-state index in [4.69, 9.17) is 21.1 Å². The minimum Gasteiger partial charge on any atom is -0.492 e. The maximum absolute atomic E-state index is 12.0. The molecule has 0 amide bonds. The summed E-state index contributed by atoms with van der Waals surface area (Å²) >= 11 is 5.85. The lowest BCUT2D eigenvalue weighted by molar-refractivity contribution is 0.0601. The zero-order chi connectivity index (χ0) is 20.2. The number of carbonyl (C=O) groups excluding carboxylic acids is 1. The Morgan fingerprint density at radius 1 is 1.14 bits per heavy atom. The minimum absolute atomic E-state index is 0.326. The van der Waals surface area contributed by atoms with E-state index in [1.54, 1.807) is 0 Å². The van der Waals surface area contributed by atoms with Crippen molar-refractivity contribution in [1.29, 1.82) is 0 Å². The van der Waals surface area contributed by atoms with Gasteiger partial charge in [-0.25, -0.2) is 4.79 Å². The summed E-state index contributed by atoms with van der Waals surface area (Å²) in [6, 6.07) is 13.9. The summed E-state index contributed by atoms with van der Waals surface area (Å²) in [4.78, 5) is 15.6. The molecule has 1 aromatic heterocycles. The van der Waals surface area contributed by atoms with Gasteiger partial charge >= 0.3 is 5.97 Å². The number of benzene rings is 2. The Morgan fingerprint density at radius 2 is 1.93 bits per heavy atom. The maximum atomic E-state index is 12.0. The van der Waals surface area contributed by atoms with Crippen LogP contribution in [0.5, 0.6) is 5.75 Å². The molecule has 1 fully saturated rings. The van der Waals surface area contributed by atoms with Crippen LogP contribution in [0.3, 0.4) is 0 Å². The number of carbonyl (C=O) groups is 1. The van der Waals surface area contributed by atoms with Crippen molar-refractivity contribution in [3.63, 3.8) is 0 Å². The average Bonchev–Trinajstić information content (AvgIpc) is 3.16. The van der Waals surface area contributed by atoms with Gasteiger partial charge in [0.05, 0.1) is 24.2 Å². The Labute approximate surface area is 176 Å². The molecule has 1 aliphatic carbocycles. The van der Waals surface area contributed by atoms with E-state index in [2.05, 4.69) is 11.1 Å². The van der Waals surface area contributed by atoms with Crippen molar-refractivity contribution in [2.75, 3.05) is 19.6 Å². The number of methoxy groups -OCH3 is 1. The van der Waals surface area contributed by atoms with Gasteiger partial charge in [-0.1, -0.05) is 37.5 Å². The highest BCUT2D eigenvalue weighted by atomic mass is 35.5. The quantitative estimate of drug-likeness (QED) is 0.383. The average molecular weight is 412 g/mol. The van der Waals surface area contributed by atoms with E-state index in [1.807, 2.05) is 36.4 Å². The molecule has 29 heavy (non-hydrogen) atoms. The Hall–Kier alpha value is -2.46. The summed E-state index contributed by atoms with van der Waals surface area (Å²) < 4.78 is 10.8. The second-order valence-corrected chi connectivity index (χ2v) is 7.91. The van der Waals surface area contributed by atoms with Gasteiger partial charge in [-0.3, -0.25) is 0 Å². The third-order valence-electron chi connectivity index (χ3n) is 5.76. The third-order valence-corrected chi connectivity index (χ3v) is 5.92. The molecule has 1 saturated carbocycles. The van der Waals surface area contributed by atoms with Crippen molar-refractivity contribution >= 4 is 28.5 Å². The Morgan fingerprint density at radius 3 is 2.69 bits per heavy atom. The van der Waals surface area contributed by atoms with E-state index in [0.29, 0.717) is 24.0 Å². The van der Waals surface area contributed by atoms with Crippen LogP contribution in [-0.4, -0.2) is 30.5 Å². The zero-order valence-electron chi connectivity index (χ0n) is 16.7. The van der Waals surface area contributed by atoms with Crippen molar-refractivity contribution in [2.24, 2.45) is 0 Å². The normalized spacial score (nSPS) is 14.8. The number of H-pyrrole nitrogens is 1. The number of fused-ring (bicyclic) bond motifs is 1. The summed E-state index contributed by atoms with van der Waals surface area (Å²) in [7, 11) is 1.41. The maximum Gasteiger partial charge on any atom is 0.337 e. The van der Waals surface area contributed by atoms with E-state index in [9.17, 15) is 4.79 Å². The van der Waals surface area contributed by atoms with E-state index in [-0.39, 0.29) is 5.97 Å². The molecule has 1 aliphatic rings. The van der Waals surface area contributed by atoms with Gasteiger partial charge < -0.3 is 14.5 Å². The highest BCUT2D eigenvalue weighted by molar-refractivity contribution is 6.18. The molecule has 1 N–H and O–H groups in total. The van der Waals surface area contributed by atoms with Crippen molar-refractivity contribution in [3.8, 4) is 17.0 Å². The predicted octanol–water partition coefficient (Wildman–Crippen LogP) is 6.29. The van der Waals surface area contributed by atoms with Gasteiger partial charge in [-0.05, 0) is 48.6 Å². The molecule has 0 spiro atoms. The molecule has 4 rings (SSSR count). The molecule has 0 saturated heterocycles. The van der Waals surface area contributed by atoms with E-state index < -0.39 is 0 Å². The van der Waals surface area contributed by atoms with Gasteiger partial charge in [0.1, 0.15) is 12.4 Å². The smallest absolute Gasteiger partial charge is 0.337 e. The van der Waals surface area contributed by atoms with Crippen LogP contribution in [0.4, 0.5) is 0 Å². The lowest BCUT2D eigenvalue weighted by Crippen LogP contribution is -2.06. The molecule has 0 bridgehead atoms. The first-order valence-electron chi connectivity index (χ1n) is 10.2. The lowest BCUT2D eigenvalue weighted by atomic mass is 9.81. The summed E-state index contributed by atoms with van der Waals surface area (Å²) in [5, 5.41) is 1.17. The molecule has 0 atom stereocenters. The predicted molar refractivity (Wildman–Crippen MR) is 117 cm³/mol. The fraction of sp³-hybridized carbons (Fsp3) is 0.375. The van der Waals surface area contributed by atoms with Crippen LogP contribution in [0.25, 0.3) is 22.2 Å². The molecule has 4 nitrogen and oxygen atoms in total. The lowest BCUT2D eigenvalue weighted by Gasteiger charge is -2.23. The van der Waals surface area contributed by atoms with Crippen molar-refractivity contribution in [3.05, 3.63) is 53.6 Å². The molecule has 0 aliphatic heterocycles. The number of halogens is 1. The van der Waals surface area contributed by atoms with Gasteiger partial charge in [0.25, 0.3) is 0 Å². The minimum atomic E-state index is -0.326. The third kappa shape index (κ3) is 3.99. The SMILES string of the molecule is COC(=O)c1ccc2c(C3CCCCC3)c(-c3ccccc3OCCCl)[nH]c2c1. The number of ether oxygens (including phenoxy) is 2. The van der Waals surface area contributed by atoms with Gasteiger partial charge in [-0.2, -0.15) is 0 Å². The molecule has 0 radical (unpaired) electrons. The highest BCUT2D eigenvalue weighted by Gasteiger charge is 2.25. The first-order chi connectivity index (χ1) is 14.2. The first kappa shape index (κ1) is 19.8. The fourth-order valence-corrected chi connectivity index (χ4v) is 4.52. The topological polar surface area (TPSA) is 51.3 Å². The molecule has 5 heteroatoms. The van der Waals surface area contributed by atoms with Crippen LogP contribution < -0.4 is 4.74 Å². The molecule has 2 aromatic carbocycles. The Bertz CT molecular complexity index is 1000. The number of alkyl halides is 1. The Balaban J connectivity index is 1.89. The molecule has 3 aromatic rings. The second kappa shape index (κ2) is 8.91. The van der Waals surface area contributed by atoms with Crippen LogP contribution in [0, 0.1) is 0 Å². The number of hydrogen-bond acceptors (Lipinski definition) is 3. The number of rotatable bonds is 6. The molecule has 0 unspecified atom stereocenters. The van der Waals surface area contributed by atoms with Gasteiger partial charge in [0.15, 0.2) is 0 Å². The van der Waals surface area contributed by atoms with Crippen LogP contribution >= 0.6 is 11.6 Å². The van der Waals surface area contributed by atoms with Crippen molar-refractivity contribution < 1.29 is 14.3 Å². The molecular formula is C24H26ClNO3. The summed E-state index contributed by atoms with van der Waals surface area (Å²) in [6.45, 7) is 0.462. The number of aromatic nitrogens is 1. The first-order valence-corrected chi connectivity index (χ1v) is 10.8.